The van der Waals surface area contributed by atoms with Crippen LogP contribution < -0.4 is 4.72 Å². The van der Waals surface area contributed by atoms with Gasteiger partial charge in [-0.1, -0.05) is 0 Å². The second-order valence-corrected chi connectivity index (χ2v) is 7.36. The number of aliphatic hydroxyl groups is 2. The third kappa shape index (κ3) is 3.69. The number of aromatic amines is 1. The minimum Gasteiger partial charge on any atom is -0.394 e. The Bertz CT molecular complexity index is 983. The predicted octanol–water partition coefficient (Wildman–Crippen LogP) is 0.565. The van der Waals surface area contributed by atoms with Crippen molar-refractivity contribution in [3.8, 4) is 11.1 Å². The summed E-state index contributed by atoms with van der Waals surface area (Å²) in [6, 6.07) is 6.88. The molecule has 9 heteroatoms. The molecule has 3 rings (SSSR count). The lowest BCUT2D eigenvalue weighted by molar-refractivity contribution is 0.0988. The molecule has 3 aromatic rings. The molecule has 0 aliphatic carbocycles. The third-order valence-electron chi connectivity index (χ3n) is 3.71. The van der Waals surface area contributed by atoms with Gasteiger partial charge in [-0.05, 0) is 36.8 Å². The van der Waals surface area contributed by atoms with Crippen LogP contribution in [0.5, 0.6) is 0 Å². The van der Waals surface area contributed by atoms with E-state index in [1.807, 2.05) is 19.1 Å². The third-order valence-corrected chi connectivity index (χ3v) is 5.05. The highest BCUT2D eigenvalue weighted by atomic mass is 32.2. The summed E-state index contributed by atoms with van der Waals surface area (Å²) in [6.07, 6.45) is 2.00. The van der Waals surface area contributed by atoms with Crippen LogP contribution in [0.3, 0.4) is 0 Å². The molecular formula is C16H18N4O4S. The first kappa shape index (κ1) is 17.5. The fourth-order valence-electron chi connectivity index (χ4n) is 2.45. The highest BCUT2D eigenvalue weighted by Crippen LogP contribution is 2.27. The van der Waals surface area contributed by atoms with Gasteiger partial charge < -0.3 is 15.2 Å². The number of rotatable bonds is 6. The van der Waals surface area contributed by atoms with Gasteiger partial charge in [-0.15, -0.1) is 0 Å². The molecule has 0 spiro atoms. The Hall–Kier alpha value is -2.33. The van der Waals surface area contributed by atoms with E-state index in [-0.39, 0.29) is 11.6 Å². The van der Waals surface area contributed by atoms with Crippen molar-refractivity contribution in [2.24, 2.45) is 0 Å². The molecule has 0 bridgehead atoms. The number of sulfonamides is 1. The summed E-state index contributed by atoms with van der Waals surface area (Å²) >= 11 is 0. The van der Waals surface area contributed by atoms with E-state index in [1.165, 1.54) is 12.3 Å². The summed E-state index contributed by atoms with van der Waals surface area (Å²) in [5.74, 6) is 0. The van der Waals surface area contributed by atoms with Crippen LogP contribution in [0.1, 0.15) is 5.69 Å². The molecule has 3 heterocycles. The Labute approximate surface area is 144 Å². The maximum Gasteiger partial charge on any atom is 0.258 e. The molecule has 1 atom stereocenters. The fraction of sp³-hybridized carbons (Fsp3) is 0.250. The number of aromatic nitrogens is 3. The van der Waals surface area contributed by atoms with Gasteiger partial charge in [0, 0.05) is 35.6 Å². The first-order valence-corrected chi connectivity index (χ1v) is 9.08. The molecule has 0 saturated carbocycles. The van der Waals surface area contributed by atoms with Gasteiger partial charge in [0.1, 0.15) is 5.65 Å². The standard InChI is InChI=1S/C16H18N4O4S/c1-10-6-14-13(4-5-17-16(14)20-10)11-2-3-15(18-7-11)25(23,24)19-8-12(22)9-21/h2-7,12,19,21-22H,8-9H2,1H3,(H,17,20). The molecule has 25 heavy (non-hydrogen) atoms. The van der Waals surface area contributed by atoms with Gasteiger partial charge in [0.25, 0.3) is 10.0 Å². The van der Waals surface area contributed by atoms with Crippen molar-refractivity contribution in [1.82, 2.24) is 19.7 Å². The summed E-state index contributed by atoms with van der Waals surface area (Å²) in [4.78, 5) is 11.4. The van der Waals surface area contributed by atoms with Crippen LogP contribution in [0.15, 0.2) is 41.7 Å². The van der Waals surface area contributed by atoms with Gasteiger partial charge in [-0.2, -0.15) is 0 Å². The minimum absolute atomic E-state index is 0.156. The number of hydrogen-bond acceptors (Lipinski definition) is 6. The summed E-state index contributed by atoms with van der Waals surface area (Å²) < 4.78 is 26.5. The van der Waals surface area contributed by atoms with Crippen molar-refractivity contribution in [1.29, 1.82) is 0 Å². The van der Waals surface area contributed by atoms with Crippen LogP contribution in [-0.4, -0.2) is 52.8 Å². The summed E-state index contributed by atoms with van der Waals surface area (Å²) in [6.45, 7) is 1.13. The van der Waals surface area contributed by atoms with E-state index in [0.29, 0.717) is 0 Å². The Morgan fingerprint density at radius 2 is 2.08 bits per heavy atom. The van der Waals surface area contributed by atoms with Gasteiger partial charge in [0.15, 0.2) is 5.03 Å². The van der Waals surface area contributed by atoms with Crippen molar-refractivity contribution in [2.45, 2.75) is 18.1 Å². The Morgan fingerprint density at radius 1 is 1.28 bits per heavy atom. The molecule has 0 radical (unpaired) electrons. The predicted molar refractivity (Wildman–Crippen MR) is 92.3 cm³/mol. The Balaban J connectivity index is 1.89. The summed E-state index contributed by atoms with van der Waals surface area (Å²) in [5.41, 5.74) is 3.40. The van der Waals surface area contributed by atoms with Gasteiger partial charge in [-0.25, -0.2) is 23.1 Å². The maximum atomic E-state index is 12.1. The molecular weight excluding hydrogens is 344 g/mol. The van der Waals surface area contributed by atoms with Crippen molar-refractivity contribution in [3.63, 3.8) is 0 Å². The molecule has 0 saturated heterocycles. The Kier molecular flexibility index (Phi) is 4.82. The van der Waals surface area contributed by atoms with Crippen molar-refractivity contribution in [2.75, 3.05) is 13.2 Å². The molecule has 0 fully saturated rings. The SMILES string of the molecule is Cc1cc2c(-c3ccc(S(=O)(=O)NCC(O)CO)nc3)ccnc2[nH]1. The Morgan fingerprint density at radius 3 is 2.76 bits per heavy atom. The molecule has 0 aliphatic heterocycles. The lowest BCUT2D eigenvalue weighted by atomic mass is 10.1. The lowest BCUT2D eigenvalue weighted by Crippen LogP contribution is -2.34. The van der Waals surface area contributed by atoms with Gasteiger partial charge in [0.05, 0.1) is 12.7 Å². The maximum absolute atomic E-state index is 12.1. The zero-order chi connectivity index (χ0) is 18.0. The van der Waals surface area contributed by atoms with E-state index in [4.69, 9.17) is 5.11 Å². The summed E-state index contributed by atoms with van der Waals surface area (Å²) in [5, 5.41) is 18.8. The van der Waals surface area contributed by atoms with E-state index in [2.05, 4.69) is 19.7 Å². The van der Waals surface area contributed by atoms with Crippen molar-refractivity contribution < 1.29 is 18.6 Å². The average Bonchev–Trinajstić information content (AvgIpc) is 3.00. The van der Waals surface area contributed by atoms with Gasteiger partial charge in [0.2, 0.25) is 0 Å². The molecule has 3 aromatic heterocycles. The first-order valence-electron chi connectivity index (χ1n) is 7.60. The van der Waals surface area contributed by atoms with E-state index in [9.17, 15) is 13.5 Å². The second kappa shape index (κ2) is 6.89. The largest absolute Gasteiger partial charge is 0.394 e. The zero-order valence-corrected chi connectivity index (χ0v) is 14.3. The zero-order valence-electron chi connectivity index (χ0n) is 13.5. The normalized spacial score (nSPS) is 13.2. The van der Waals surface area contributed by atoms with Crippen LogP contribution >= 0.6 is 0 Å². The lowest BCUT2D eigenvalue weighted by Gasteiger charge is -2.10. The van der Waals surface area contributed by atoms with Crippen LogP contribution in [-0.2, 0) is 10.0 Å². The molecule has 8 nitrogen and oxygen atoms in total. The number of aliphatic hydroxyl groups excluding tert-OH is 2. The van der Waals surface area contributed by atoms with Gasteiger partial charge >= 0.3 is 0 Å². The highest BCUT2D eigenvalue weighted by Gasteiger charge is 2.17. The van der Waals surface area contributed by atoms with E-state index in [1.54, 1.807) is 12.3 Å². The number of nitrogens with zero attached hydrogens (tertiary/aromatic N) is 2. The molecule has 0 amide bonds. The molecule has 4 N–H and O–H groups in total. The quantitative estimate of drug-likeness (QED) is 0.507. The molecule has 0 aromatic carbocycles. The number of hydrogen-bond donors (Lipinski definition) is 4. The number of aryl methyl sites for hydroxylation is 1. The van der Waals surface area contributed by atoms with E-state index < -0.39 is 22.7 Å². The van der Waals surface area contributed by atoms with Crippen molar-refractivity contribution in [3.05, 3.63) is 42.4 Å². The fourth-order valence-corrected chi connectivity index (χ4v) is 3.45. The van der Waals surface area contributed by atoms with Crippen molar-refractivity contribution >= 4 is 21.1 Å². The number of fused-ring (bicyclic) bond motifs is 1. The molecule has 0 aliphatic rings. The number of H-pyrrole nitrogens is 1. The van der Waals surface area contributed by atoms with Crippen LogP contribution in [0.4, 0.5) is 0 Å². The monoisotopic (exact) mass is 362 g/mol. The molecule has 1 unspecified atom stereocenters. The number of nitrogens with one attached hydrogen (secondary N) is 2. The minimum atomic E-state index is -3.85. The second-order valence-electron chi connectivity index (χ2n) is 5.65. The van der Waals surface area contributed by atoms with Gasteiger partial charge in [-0.3, -0.25) is 0 Å². The molecule has 132 valence electrons. The topological polar surface area (TPSA) is 128 Å². The summed E-state index contributed by atoms with van der Waals surface area (Å²) in [7, 11) is -3.85. The van der Waals surface area contributed by atoms with Crippen LogP contribution in [0, 0.1) is 6.92 Å². The van der Waals surface area contributed by atoms with Crippen LogP contribution in [0.2, 0.25) is 0 Å². The van der Waals surface area contributed by atoms with E-state index >= 15 is 0 Å². The first-order chi connectivity index (χ1) is 11.9. The number of pyridine rings is 2. The average molecular weight is 362 g/mol. The van der Waals surface area contributed by atoms with E-state index in [0.717, 1.165) is 27.9 Å². The smallest absolute Gasteiger partial charge is 0.258 e. The van der Waals surface area contributed by atoms with Crippen LogP contribution in [0.25, 0.3) is 22.2 Å². The highest BCUT2D eigenvalue weighted by molar-refractivity contribution is 7.89.